The van der Waals surface area contributed by atoms with Crippen molar-refractivity contribution in [3.05, 3.63) is 24.3 Å². The van der Waals surface area contributed by atoms with E-state index in [2.05, 4.69) is 50.4 Å². The van der Waals surface area contributed by atoms with Gasteiger partial charge in [-0.25, -0.2) is 0 Å². The molecule has 68 heavy (non-hydrogen) atoms. The number of nitrogens with one attached hydrogen (secondary N) is 1. The van der Waals surface area contributed by atoms with Crippen LogP contribution in [0.25, 0.3) is 0 Å². The van der Waals surface area contributed by atoms with E-state index < -0.39 is 18.2 Å². The molecule has 0 saturated heterocycles. The van der Waals surface area contributed by atoms with E-state index in [1.807, 2.05) is 0 Å². The lowest BCUT2D eigenvalue weighted by molar-refractivity contribution is -0.151. The summed E-state index contributed by atoms with van der Waals surface area (Å²) in [5, 5.41) is 23.9. The van der Waals surface area contributed by atoms with E-state index in [9.17, 15) is 19.8 Å². The van der Waals surface area contributed by atoms with E-state index in [1.54, 1.807) is 0 Å². The van der Waals surface area contributed by atoms with Gasteiger partial charge in [0.25, 0.3) is 0 Å². The molecular formula is C62H119NO5. The summed E-state index contributed by atoms with van der Waals surface area (Å²) >= 11 is 0. The molecule has 1 amide bonds. The molecule has 0 radical (unpaired) electrons. The molecule has 3 atom stereocenters. The van der Waals surface area contributed by atoms with Crippen molar-refractivity contribution in [2.24, 2.45) is 0 Å². The Balaban J connectivity index is 4.50. The van der Waals surface area contributed by atoms with Gasteiger partial charge in [-0.2, -0.15) is 0 Å². The molecule has 3 unspecified atom stereocenters. The van der Waals surface area contributed by atoms with Crippen LogP contribution < -0.4 is 5.32 Å². The molecule has 0 aliphatic rings. The van der Waals surface area contributed by atoms with Gasteiger partial charge in [-0.05, 0) is 57.8 Å². The first kappa shape index (κ1) is 66.3. The second-order valence-electron chi connectivity index (χ2n) is 21.1. The molecule has 6 heteroatoms. The maximum Gasteiger partial charge on any atom is 0.306 e. The first-order valence-corrected chi connectivity index (χ1v) is 30.6. The van der Waals surface area contributed by atoms with Gasteiger partial charge in [-0.15, -0.1) is 0 Å². The summed E-state index contributed by atoms with van der Waals surface area (Å²) in [6.07, 6.45) is 66.7. The Kier molecular flexibility index (Phi) is 54.9. The Morgan fingerprint density at radius 2 is 0.750 bits per heavy atom. The highest BCUT2D eigenvalue weighted by molar-refractivity contribution is 5.77. The Bertz CT molecular complexity index is 1080. The molecule has 0 aliphatic heterocycles. The maximum atomic E-state index is 13.3. The first-order chi connectivity index (χ1) is 33.5. The molecule has 0 bridgehead atoms. The number of allylic oxidation sites excluding steroid dienone is 4. The number of hydrogen-bond acceptors (Lipinski definition) is 5. The van der Waals surface area contributed by atoms with Crippen LogP contribution in [0.1, 0.15) is 335 Å². The first-order valence-electron chi connectivity index (χ1n) is 30.6. The largest absolute Gasteiger partial charge is 0.462 e. The summed E-state index contributed by atoms with van der Waals surface area (Å²) < 4.78 is 5.98. The summed E-state index contributed by atoms with van der Waals surface area (Å²) in [5.41, 5.74) is 0. The van der Waals surface area contributed by atoms with Gasteiger partial charge < -0.3 is 20.3 Å². The zero-order chi connectivity index (χ0) is 49.5. The number of hydrogen-bond donors (Lipinski definition) is 3. The van der Waals surface area contributed by atoms with Gasteiger partial charge in [0, 0.05) is 6.42 Å². The minimum absolute atomic E-state index is 0.0827. The van der Waals surface area contributed by atoms with Crippen molar-refractivity contribution in [3.63, 3.8) is 0 Å². The number of rotatable bonds is 56. The lowest BCUT2D eigenvalue weighted by Gasteiger charge is -2.24. The Hall–Kier alpha value is -1.66. The quantitative estimate of drug-likeness (QED) is 0.0321. The van der Waals surface area contributed by atoms with Crippen molar-refractivity contribution in [3.8, 4) is 0 Å². The van der Waals surface area contributed by atoms with Crippen molar-refractivity contribution < 1.29 is 24.5 Å². The molecule has 0 heterocycles. The van der Waals surface area contributed by atoms with Crippen LogP contribution in [-0.4, -0.2) is 46.9 Å². The number of ether oxygens (including phenoxy) is 1. The monoisotopic (exact) mass is 958 g/mol. The topological polar surface area (TPSA) is 95.9 Å². The number of esters is 1. The average Bonchev–Trinajstić information content (AvgIpc) is 3.33. The van der Waals surface area contributed by atoms with Crippen molar-refractivity contribution in [1.82, 2.24) is 5.32 Å². The second-order valence-corrected chi connectivity index (χ2v) is 21.1. The molecule has 402 valence electrons. The van der Waals surface area contributed by atoms with Crippen LogP contribution in [0, 0.1) is 0 Å². The number of carbonyl (C=O) groups excluding carboxylic acids is 2. The second kappa shape index (κ2) is 56.3. The van der Waals surface area contributed by atoms with Crippen LogP contribution in [0.4, 0.5) is 0 Å². The van der Waals surface area contributed by atoms with Crippen LogP contribution >= 0.6 is 0 Å². The van der Waals surface area contributed by atoms with Gasteiger partial charge in [0.2, 0.25) is 5.91 Å². The normalized spacial score (nSPS) is 13.2. The number of carbonyl (C=O) groups is 2. The number of amides is 1. The highest BCUT2D eigenvalue weighted by Crippen LogP contribution is 2.19. The molecular weight excluding hydrogens is 839 g/mol. The molecule has 3 N–H and O–H groups in total. The van der Waals surface area contributed by atoms with E-state index in [0.717, 1.165) is 51.4 Å². The van der Waals surface area contributed by atoms with Crippen LogP contribution in [-0.2, 0) is 14.3 Å². The smallest absolute Gasteiger partial charge is 0.306 e. The maximum absolute atomic E-state index is 13.3. The van der Waals surface area contributed by atoms with E-state index >= 15 is 0 Å². The third-order valence-corrected chi connectivity index (χ3v) is 14.3. The van der Waals surface area contributed by atoms with Crippen LogP contribution in [0.15, 0.2) is 24.3 Å². The Morgan fingerprint density at radius 3 is 1.15 bits per heavy atom. The molecule has 0 rings (SSSR count). The van der Waals surface area contributed by atoms with Crippen molar-refractivity contribution in [2.75, 3.05) is 6.61 Å². The SMILES string of the molecule is CCCCC/C=C\C/C=C\CCCCCCCCCCCC(=O)OC(CCCCCCCCCCCCCCCCCC)CC(=O)NC(CO)C(O)CCCCCCCCCCCCCCCC. The predicted octanol–water partition coefficient (Wildman–Crippen LogP) is 19.0. The van der Waals surface area contributed by atoms with E-state index in [1.165, 1.54) is 238 Å². The molecule has 0 aromatic carbocycles. The van der Waals surface area contributed by atoms with Crippen molar-refractivity contribution >= 4 is 11.9 Å². The highest BCUT2D eigenvalue weighted by Gasteiger charge is 2.24. The van der Waals surface area contributed by atoms with E-state index in [4.69, 9.17) is 4.74 Å². The molecule has 0 aliphatic carbocycles. The van der Waals surface area contributed by atoms with E-state index in [-0.39, 0.29) is 24.9 Å². The molecule has 0 saturated carbocycles. The van der Waals surface area contributed by atoms with Crippen LogP contribution in [0.3, 0.4) is 0 Å². The predicted molar refractivity (Wildman–Crippen MR) is 296 cm³/mol. The molecule has 0 aromatic rings. The zero-order valence-electron chi connectivity index (χ0n) is 46.0. The summed E-state index contributed by atoms with van der Waals surface area (Å²) in [5.74, 6) is -0.455. The fraction of sp³-hybridized carbons (Fsp3) is 0.903. The van der Waals surface area contributed by atoms with Gasteiger partial charge in [0.05, 0.1) is 25.2 Å². The van der Waals surface area contributed by atoms with Gasteiger partial charge >= 0.3 is 5.97 Å². The van der Waals surface area contributed by atoms with Crippen molar-refractivity contribution in [2.45, 2.75) is 354 Å². The number of aliphatic hydroxyl groups is 2. The fourth-order valence-electron chi connectivity index (χ4n) is 9.64. The molecule has 6 nitrogen and oxygen atoms in total. The Morgan fingerprint density at radius 1 is 0.426 bits per heavy atom. The summed E-state index contributed by atoms with van der Waals surface area (Å²) in [4.78, 5) is 26.3. The lowest BCUT2D eigenvalue weighted by atomic mass is 10.0. The summed E-state index contributed by atoms with van der Waals surface area (Å²) in [6, 6.07) is -0.698. The number of unbranched alkanes of at least 4 members (excludes halogenated alkanes) is 40. The molecule has 0 spiro atoms. The number of aliphatic hydroxyl groups excluding tert-OH is 2. The van der Waals surface area contributed by atoms with Gasteiger partial charge in [0.1, 0.15) is 6.10 Å². The van der Waals surface area contributed by atoms with Gasteiger partial charge in [0.15, 0.2) is 0 Å². The minimum Gasteiger partial charge on any atom is -0.462 e. The minimum atomic E-state index is -0.785. The molecule has 0 aromatic heterocycles. The Labute approximate surface area is 424 Å². The van der Waals surface area contributed by atoms with Gasteiger partial charge in [-0.1, -0.05) is 289 Å². The summed E-state index contributed by atoms with van der Waals surface area (Å²) in [7, 11) is 0. The van der Waals surface area contributed by atoms with Crippen molar-refractivity contribution in [1.29, 1.82) is 0 Å². The third-order valence-electron chi connectivity index (χ3n) is 14.3. The van der Waals surface area contributed by atoms with Crippen LogP contribution in [0.5, 0.6) is 0 Å². The van der Waals surface area contributed by atoms with Crippen LogP contribution in [0.2, 0.25) is 0 Å². The van der Waals surface area contributed by atoms with Gasteiger partial charge in [-0.3, -0.25) is 9.59 Å². The fourth-order valence-corrected chi connectivity index (χ4v) is 9.64. The third kappa shape index (κ3) is 50.7. The highest BCUT2D eigenvalue weighted by atomic mass is 16.5. The average molecular weight is 959 g/mol. The standard InChI is InChI=1S/C62H119NO5/c1-4-7-10-13-16-19-22-25-28-30-31-32-34-37-40-43-46-49-52-55-62(67)68-58(53-50-47-44-41-38-35-33-29-26-23-20-17-14-11-8-5-2)56-61(66)63-59(57-64)60(65)54-51-48-45-42-39-36-27-24-21-18-15-12-9-6-3/h16,19,25,28,58-60,64-65H,4-15,17-18,20-24,26-27,29-57H2,1-3H3,(H,63,66)/b19-16-,28-25-. The zero-order valence-corrected chi connectivity index (χ0v) is 46.0. The van der Waals surface area contributed by atoms with E-state index in [0.29, 0.717) is 19.3 Å². The molecule has 0 fully saturated rings. The lowest BCUT2D eigenvalue weighted by Crippen LogP contribution is -2.46. The summed E-state index contributed by atoms with van der Waals surface area (Å²) in [6.45, 7) is 6.51.